The molecule has 134 valence electrons. The number of ether oxygens (including phenoxy) is 2. The van der Waals surface area contributed by atoms with Crippen molar-refractivity contribution in [1.29, 1.82) is 0 Å². The monoisotopic (exact) mass is 343 g/mol. The minimum absolute atomic E-state index is 0.190. The first-order chi connectivity index (χ1) is 12.1. The van der Waals surface area contributed by atoms with E-state index in [9.17, 15) is 9.90 Å². The van der Waals surface area contributed by atoms with Crippen molar-refractivity contribution in [3.8, 4) is 5.75 Å². The first-order valence-corrected chi connectivity index (χ1v) is 8.35. The smallest absolute Gasteiger partial charge is 0.337 e. The summed E-state index contributed by atoms with van der Waals surface area (Å²) in [7, 11) is 1.37. The molecule has 0 amide bonds. The maximum absolute atomic E-state index is 11.4. The normalized spacial score (nSPS) is 13.1. The lowest BCUT2D eigenvalue weighted by Crippen LogP contribution is -2.37. The summed E-state index contributed by atoms with van der Waals surface area (Å²) in [4.78, 5) is 11.4. The number of methoxy groups -OCH3 is 1. The summed E-state index contributed by atoms with van der Waals surface area (Å²) in [6.45, 7) is 2.75. The molecule has 25 heavy (non-hydrogen) atoms. The second-order valence-corrected chi connectivity index (χ2v) is 5.98. The lowest BCUT2D eigenvalue weighted by molar-refractivity contribution is 0.0600. The molecule has 0 aromatic heterocycles. The predicted molar refractivity (Wildman–Crippen MR) is 96.9 cm³/mol. The molecule has 0 aliphatic rings. The number of aliphatic hydroxyl groups is 1. The Labute approximate surface area is 148 Å². The second kappa shape index (κ2) is 9.81. The number of rotatable bonds is 9. The van der Waals surface area contributed by atoms with Gasteiger partial charge in [0.2, 0.25) is 0 Å². The number of aliphatic hydroxyl groups excluding tert-OH is 1. The second-order valence-electron chi connectivity index (χ2n) is 5.98. The average molecular weight is 343 g/mol. The van der Waals surface area contributed by atoms with Crippen LogP contribution < -0.4 is 10.1 Å². The maximum atomic E-state index is 11.4. The molecular formula is C20H25NO4. The molecule has 2 atom stereocenters. The Bertz CT molecular complexity index is 643. The number of para-hydroxylation sites is 1. The molecular weight excluding hydrogens is 318 g/mol. The zero-order chi connectivity index (χ0) is 18.1. The summed E-state index contributed by atoms with van der Waals surface area (Å²) in [6, 6.07) is 17.0. The standard InChI is InChI=1S/C20H25NO4/c1-15(12-16-8-10-17(11-9-16)20(23)24-2)21-13-18(22)14-25-19-6-4-3-5-7-19/h3-11,15,18,21-22H,12-14H2,1-2H3/t15?,18-/m1/s1. The SMILES string of the molecule is COC(=O)c1ccc(CC(C)NC[C@@H](O)COc2ccccc2)cc1. The Morgan fingerprint density at radius 2 is 1.80 bits per heavy atom. The Hall–Kier alpha value is -2.37. The van der Waals surface area contributed by atoms with E-state index < -0.39 is 6.10 Å². The molecule has 2 aromatic rings. The molecule has 2 N–H and O–H groups in total. The fraction of sp³-hybridized carbons (Fsp3) is 0.350. The summed E-state index contributed by atoms with van der Waals surface area (Å²) in [5.74, 6) is 0.416. The van der Waals surface area contributed by atoms with Gasteiger partial charge >= 0.3 is 5.97 Å². The highest BCUT2D eigenvalue weighted by molar-refractivity contribution is 5.89. The summed E-state index contributed by atoms with van der Waals surface area (Å²) < 4.78 is 10.2. The van der Waals surface area contributed by atoms with Crippen LogP contribution in [0.3, 0.4) is 0 Å². The van der Waals surface area contributed by atoms with Gasteiger partial charge in [0.1, 0.15) is 18.5 Å². The van der Waals surface area contributed by atoms with Crippen LogP contribution >= 0.6 is 0 Å². The number of carbonyl (C=O) groups excluding carboxylic acids is 1. The summed E-state index contributed by atoms with van der Waals surface area (Å²) in [5.41, 5.74) is 1.66. The van der Waals surface area contributed by atoms with Gasteiger partial charge in [0, 0.05) is 12.6 Å². The topological polar surface area (TPSA) is 67.8 Å². The van der Waals surface area contributed by atoms with Crippen molar-refractivity contribution < 1.29 is 19.4 Å². The molecule has 1 unspecified atom stereocenters. The molecule has 0 fully saturated rings. The number of carbonyl (C=O) groups is 1. The third kappa shape index (κ3) is 6.57. The van der Waals surface area contributed by atoms with Gasteiger partial charge in [-0.1, -0.05) is 30.3 Å². The van der Waals surface area contributed by atoms with Crippen molar-refractivity contribution in [2.75, 3.05) is 20.3 Å². The van der Waals surface area contributed by atoms with Gasteiger partial charge < -0.3 is 19.9 Å². The number of nitrogens with one attached hydrogen (secondary N) is 1. The average Bonchev–Trinajstić information content (AvgIpc) is 2.65. The van der Waals surface area contributed by atoms with Crippen LogP contribution in [0.15, 0.2) is 54.6 Å². The van der Waals surface area contributed by atoms with Crippen molar-refractivity contribution in [2.24, 2.45) is 0 Å². The van der Waals surface area contributed by atoms with Crippen molar-refractivity contribution in [2.45, 2.75) is 25.5 Å². The molecule has 0 radical (unpaired) electrons. The van der Waals surface area contributed by atoms with E-state index in [0.29, 0.717) is 12.1 Å². The van der Waals surface area contributed by atoms with E-state index >= 15 is 0 Å². The van der Waals surface area contributed by atoms with Gasteiger partial charge in [-0.05, 0) is 43.2 Å². The Balaban J connectivity index is 1.70. The maximum Gasteiger partial charge on any atom is 0.337 e. The predicted octanol–water partition coefficient (Wildman–Crippen LogP) is 2.43. The van der Waals surface area contributed by atoms with E-state index in [-0.39, 0.29) is 18.6 Å². The zero-order valence-electron chi connectivity index (χ0n) is 14.6. The fourth-order valence-electron chi connectivity index (χ4n) is 2.43. The fourth-order valence-corrected chi connectivity index (χ4v) is 2.43. The van der Waals surface area contributed by atoms with Crippen molar-refractivity contribution in [1.82, 2.24) is 5.32 Å². The van der Waals surface area contributed by atoms with Crippen LogP contribution in [0, 0.1) is 0 Å². The first-order valence-electron chi connectivity index (χ1n) is 8.35. The molecule has 0 spiro atoms. The minimum Gasteiger partial charge on any atom is -0.491 e. The van der Waals surface area contributed by atoms with Gasteiger partial charge in [-0.15, -0.1) is 0 Å². The summed E-state index contributed by atoms with van der Waals surface area (Å²) >= 11 is 0. The van der Waals surface area contributed by atoms with Gasteiger partial charge in [0.25, 0.3) is 0 Å². The zero-order valence-corrected chi connectivity index (χ0v) is 14.6. The number of hydrogen-bond donors (Lipinski definition) is 2. The van der Waals surface area contributed by atoms with Crippen LogP contribution in [0.5, 0.6) is 5.75 Å². The Morgan fingerprint density at radius 3 is 2.44 bits per heavy atom. The minimum atomic E-state index is -0.579. The third-order valence-electron chi connectivity index (χ3n) is 3.80. The number of benzene rings is 2. The molecule has 0 saturated heterocycles. The highest BCUT2D eigenvalue weighted by Crippen LogP contribution is 2.09. The highest BCUT2D eigenvalue weighted by Gasteiger charge is 2.10. The Morgan fingerprint density at radius 1 is 1.12 bits per heavy atom. The summed E-state index contributed by atoms with van der Waals surface area (Å²) in [5, 5.41) is 13.3. The van der Waals surface area contributed by atoms with Crippen molar-refractivity contribution in [3.63, 3.8) is 0 Å². The van der Waals surface area contributed by atoms with Crippen LogP contribution in [0.4, 0.5) is 0 Å². The highest BCUT2D eigenvalue weighted by atomic mass is 16.5. The lowest BCUT2D eigenvalue weighted by Gasteiger charge is -2.18. The summed E-state index contributed by atoms with van der Waals surface area (Å²) in [6.07, 6.45) is 0.220. The van der Waals surface area contributed by atoms with Crippen LogP contribution in [0.2, 0.25) is 0 Å². The molecule has 0 heterocycles. The van der Waals surface area contributed by atoms with E-state index in [2.05, 4.69) is 17.0 Å². The molecule has 0 aliphatic carbocycles. The largest absolute Gasteiger partial charge is 0.491 e. The molecule has 0 bridgehead atoms. The molecule has 5 nitrogen and oxygen atoms in total. The van der Waals surface area contributed by atoms with Crippen LogP contribution in [0.1, 0.15) is 22.8 Å². The molecule has 2 rings (SSSR count). The van der Waals surface area contributed by atoms with E-state index in [0.717, 1.165) is 17.7 Å². The Kier molecular flexibility index (Phi) is 7.44. The molecule has 5 heteroatoms. The van der Waals surface area contributed by atoms with Gasteiger partial charge in [-0.2, -0.15) is 0 Å². The first kappa shape index (κ1) is 19.0. The van der Waals surface area contributed by atoms with Crippen LogP contribution in [-0.2, 0) is 11.2 Å². The van der Waals surface area contributed by atoms with Gasteiger partial charge in [-0.25, -0.2) is 4.79 Å². The van der Waals surface area contributed by atoms with Crippen molar-refractivity contribution in [3.05, 3.63) is 65.7 Å². The third-order valence-corrected chi connectivity index (χ3v) is 3.80. The van der Waals surface area contributed by atoms with Gasteiger partial charge in [0.05, 0.1) is 12.7 Å². The molecule has 0 saturated carbocycles. The van der Waals surface area contributed by atoms with Crippen LogP contribution in [-0.4, -0.2) is 43.5 Å². The van der Waals surface area contributed by atoms with E-state index in [1.54, 1.807) is 12.1 Å². The van der Waals surface area contributed by atoms with E-state index in [1.807, 2.05) is 42.5 Å². The van der Waals surface area contributed by atoms with E-state index in [4.69, 9.17) is 4.74 Å². The van der Waals surface area contributed by atoms with E-state index in [1.165, 1.54) is 7.11 Å². The number of esters is 1. The number of hydrogen-bond acceptors (Lipinski definition) is 5. The molecule has 2 aromatic carbocycles. The molecule has 0 aliphatic heterocycles. The van der Waals surface area contributed by atoms with Gasteiger partial charge in [0.15, 0.2) is 0 Å². The van der Waals surface area contributed by atoms with Crippen LogP contribution in [0.25, 0.3) is 0 Å². The lowest BCUT2D eigenvalue weighted by atomic mass is 10.0. The quantitative estimate of drug-likeness (QED) is 0.685. The van der Waals surface area contributed by atoms with Crippen molar-refractivity contribution >= 4 is 5.97 Å². The van der Waals surface area contributed by atoms with Gasteiger partial charge in [-0.3, -0.25) is 0 Å².